The van der Waals surface area contributed by atoms with Crippen molar-refractivity contribution in [1.82, 2.24) is 0 Å². The Labute approximate surface area is 117 Å². The molecule has 92 valence electrons. The predicted octanol–water partition coefficient (Wildman–Crippen LogP) is 5.37. The van der Waals surface area contributed by atoms with Gasteiger partial charge < -0.3 is 0 Å². The normalized spacial score (nSPS) is 15.4. The third-order valence-electron chi connectivity index (χ3n) is 4.06. The number of halogens is 1. The molecule has 1 aliphatic rings. The Bertz CT molecular complexity index is 651. The molecule has 0 aromatic heterocycles. The number of hydrogen-bond donors (Lipinski definition) is 0. The van der Waals surface area contributed by atoms with Crippen molar-refractivity contribution >= 4 is 15.9 Å². The molecule has 0 spiro atoms. The van der Waals surface area contributed by atoms with Crippen molar-refractivity contribution in [2.24, 2.45) is 0 Å². The van der Waals surface area contributed by atoms with Crippen LogP contribution < -0.4 is 0 Å². The summed E-state index contributed by atoms with van der Waals surface area (Å²) in [6, 6.07) is 11.1. The van der Waals surface area contributed by atoms with Crippen molar-refractivity contribution in [2.75, 3.05) is 0 Å². The molecule has 18 heavy (non-hydrogen) atoms. The first-order chi connectivity index (χ1) is 8.43. The third kappa shape index (κ3) is 1.43. The average Bonchev–Trinajstić information content (AvgIpc) is 2.48. The lowest BCUT2D eigenvalue weighted by molar-refractivity contribution is 0.655. The van der Waals surface area contributed by atoms with Crippen molar-refractivity contribution < 1.29 is 0 Å². The standard InChI is InChI=1S/C17H17Br/c1-10-8-11(2)16-12(9-10)15-13(17(16,3)4)6-5-7-14(15)18/h5-9H,1-4H3. The minimum absolute atomic E-state index is 0.103. The zero-order valence-corrected chi connectivity index (χ0v) is 12.9. The van der Waals surface area contributed by atoms with E-state index in [1.54, 1.807) is 0 Å². The second kappa shape index (κ2) is 3.71. The first-order valence-corrected chi connectivity index (χ1v) is 7.13. The van der Waals surface area contributed by atoms with E-state index in [9.17, 15) is 0 Å². The van der Waals surface area contributed by atoms with E-state index in [4.69, 9.17) is 0 Å². The molecule has 0 bridgehead atoms. The zero-order chi connectivity index (χ0) is 13.1. The number of aryl methyl sites for hydroxylation is 2. The van der Waals surface area contributed by atoms with E-state index in [-0.39, 0.29) is 5.41 Å². The lowest BCUT2D eigenvalue weighted by atomic mass is 9.80. The number of benzene rings is 2. The third-order valence-corrected chi connectivity index (χ3v) is 4.72. The highest BCUT2D eigenvalue weighted by molar-refractivity contribution is 9.10. The van der Waals surface area contributed by atoms with Crippen LogP contribution in [-0.4, -0.2) is 0 Å². The molecular formula is C17H17Br. The van der Waals surface area contributed by atoms with Crippen molar-refractivity contribution in [3.05, 3.63) is 57.1 Å². The quantitative estimate of drug-likeness (QED) is 0.613. The van der Waals surface area contributed by atoms with Gasteiger partial charge >= 0.3 is 0 Å². The van der Waals surface area contributed by atoms with E-state index < -0.39 is 0 Å². The van der Waals surface area contributed by atoms with Crippen LogP contribution in [0.4, 0.5) is 0 Å². The Kier molecular flexibility index (Phi) is 2.47. The van der Waals surface area contributed by atoms with Crippen molar-refractivity contribution in [3.8, 4) is 11.1 Å². The first-order valence-electron chi connectivity index (χ1n) is 6.34. The van der Waals surface area contributed by atoms with E-state index in [1.165, 1.54) is 37.9 Å². The molecule has 0 heterocycles. The first kappa shape index (κ1) is 12.0. The van der Waals surface area contributed by atoms with Crippen molar-refractivity contribution in [1.29, 1.82) is 0 Å². The summed E-state index contributed by atoms with van der Waals surface area (Å²) < 4.78 is 1.21. The maximum Gasteiger partial charge on any atom is 0.0256 e. The molecule has 3 rings (SSSR count). The van der Waals surface area contributed by atoms with Crippen LogP contribution in [0.5, 0.6) is 0 Å². The molecule has 0 atom stereocenters. The maximum absolute atomic E-state index is 3.72. The van der Waals surface area contributed by atoms with E-state index >= 15 is 0 Å². The summed E-state index contributed by atoms with van der Waals surface area (Å²) in [7, 11) is 0. The molecule has 0 fully saturated rings. The van der Waals surface area contributed by atoms with Crippen LogP contribution in [0.2, 0.25) is 0 Å². The van der Waals surface area contributed by atoms with E-state index in [0.717, 1.165) is 0 Å². The number of rotatable bonds is 0. The van der Waals surface area contributed by atoms with E-state index in [1.807, 2.05) is 0 Å². The van der Waals surface area contributed by atoms with E-state index in [0.29, 0.717) is 0 Å². The van der Waals surface area contributed by atoms with Crippen molar-refractivity contribution in [3.63, 3.8) is 0 Å². The van der Waals surface area contributed by atoms with Gasteiger partial charge in [-0.15, -0.1) is 0 Å². The lowest BCUT2D eigenvalue weighted by Gasteiger charge is -2.23. The van der Waals surface area contributed by atoms with Crippen LogP contribution in [0.15, 0.2) is 34.8 Å². The molecule has 0 nitrogen and oxygen atoms in total. The summed E-state index contributed by atoms with van der Waals surface area (Å²) in [5.41, 5.74) is 8.54. The van der Waals surface area contributed by atoms with Crippen LogP contribution >= 0.6 is 15.9 Å². The molecule has 0 radical (unpaired) electrons. The Morgan fingerprint density at radius 3 is 2.50 bits per heavy atom. The number of fused-ring (bicyclic) bond motifs is 3. The topological polar surface area (TPSA) is 0 Å². The lowest BCUT2D eigenvalue weighted by Crippen LogP contribution is -2.16. The van der Waals surface area contributed by atoms with Gasteiger partial charge in [0.25, 0.3) is 0 Å². The fourth-order valence-corrected chi connectivity index (χ4v) is 4.03. The monoisotopic (exact) mass is 300 g/mol. The highest BCUT2D eigenvalue weighted by atomic mass is 79.9. The summed E-state index contributed by atoms with van der Waals surface area (Å²) in [4.78, 5) is 0. The van der Waals surface area contributed by atoms with Crippen LogP contribution in [0.1, 0.15) is 36.1 Å². The van der Waals surface area contributed by atoms with E-state index in [2.05, 4.69) is 74.0 Å². The van der Waals surface area contributed by atoms with Crippen LogP contribution in [0, 0.1) is 13.8 Å². The van der Waals surface area contributed by atoms with Gasteiger partial charge in [-0.2, -0.15) is 0 Å². The Morgan fingerprint density at radius 1 is 1.06 bits per heavy atom. The number of hydrogen-bond acceptors (Lipinski definition) is 0. The molecule has 0 saturated carbocycles. The summed E-state index contributed by atoms with van der Waals surface area (Å²) >= 11 is 3.72. The molecule has 0 amide bonds. The van der Waals surface area contributed by atoms with Gasteiger partial charge in [-0.05, 0) is 42.2 Å². The van der Waals surface area contributed by atoms with Gasteiger partial charge in [0, 0.05) is 15.5 Å². The molecular weight excluding hydrogens is 284 g/mol. The summed E-state index contributed by atoms with van der Waals surface area (Å²) in [6.07, 6.45) is 0. The fraction of sp³-hybridized carbons (Fsp3) is 0.294. The molecule has 1 heteroatoms. The van der Waals surface area contributed by atoms with Crippen LogP contribution in [-0.2, 0) is 5.41 Å². The largest absolute Gasteiger partial charge is 0.0608 e. The van der Waals surface area contributed by atoms with Gasteiger partial charge in [-0.3, -0.25) is 0 Å². The van der Waals surface area contributed by atoms with Gasteiger partial charge in [-0.1, -0.05) is 59.6 Å². The highest BCUT2D eigenvalue weighted by Gasteiger charge is 2.37. The smallest absolute Gasteiger partial charge is 0.0256 e. The van der Waals surface area contributed by atoms with Gasteiger partial charge in [0.2, 0.25) is 0 Å². The van der Waals surface area contributed by atoms with Crippen molar-refractivity contribution in [2.45, 2.75) is 33.1 Å². The summed E-state index contributed by atoms with van der Waals surface area (Å²) in [5, 5.41) is 0. The van der Waals surface area contributed by atoms with Gasteiger partial charge in [0.05, 0.1) is 0 Å². The molecule has 1 aliphatic carbocycles. The van der Waals surface area contributed by atoms with Gasteiger partial charge in [0.1, 0.15) is 0 Å². The maximum atomic E-state index is 3.72. The SMILES string of the molecule is Cc1cc(C)c2c(c1)-c1c(Br)cccc1C2(C)C. The zero-order valence-electron chi connectivity index (χ0n) is 11.3. The minimum Gasteiger partial charge on any atom is -0.0608 e. The second-order valence-electron chi connectivity index (χ2n) is 5.79. The van der Waals surface area contributed by atoms with Gasteiger partial charge in [-0.25, -0.2) is 0 Å². The van der Waals surface area contributed by atoms with Crippen LogP contribution in [0.25, 0.3) is 11.1 Å². The predicted molar refractivity (Wildman–Crippen MR) is 81.2 cm³/mol. The average molecular weight is 301 g/mol. The highest BCUT2D eigenvalue weighted by Crippen LogP contribution is 2.52. The second-order valence-corrected chi connectivity index (χ2v) is 6.65. The molecule has 0 unspecified atom stereocenters. The molecule has 0 aliphatic heterocycles. The summed E-state index contributed by atoms with van der Waals surface area (Å²) in [5.74, 6) is 0. The summed E-state index contributed by atoms with van der Waals surface area (Å²) in [6.45, 7) is 9.06. The molecule has 2 aromatic carbocycles. The molecule has 0 saturated heterocycles. The van der Waals surface area contributed by atoms with Crippen LogP contribution in [0.3, 0.4) is 0 Å². The Hall–Kier alpha value is -1.08. The fourth-order valence-electron chi connectivity index (χ4n) is 3.45. The Balaban J connectivity index is 2.48. The Morgan fingerprint density at radius 2 is 1.78 bits per heavy atom. The molecule has 0 N–H and O–H groups in total. The molecule has 2 aromatic rings. The minimum atomic E-state index is 0.103. The van der Waals surface area contributed by atoms with Gasteiger partial charge in [0.15, 0.2) is 0 Å².